The van der Waals surface area contributed by atoms with Crippen molar-refractivity contribution in [1.29, 1.82) is 0 Å². The third-order valence-electron chi connectivity index (χ3n) is 3.95. The zero-order valence-electron chi connectivity index (χ0n) is 17.6. The van der Waals surface area contributed by atoms with E-state index in [9.17, 15) is 22.8 Å². The van der Waals surface area contributed by atoms with Gasteiger partial charge in [0.05, 0.1) is 36.4 Å². The van der Waals surface area contributed by atoms with E-state index in [2.05, 4.69) is 15.8 Å². The highest BCUT2D eigenvalue weighted by Crippen LogP contribution is 2.29. The van der Waals surface area contributed by atoms with Gasteiger partial charge in [0.2, 0.25) is 6.10 Å². The molecule has 0 fully saturated rings. The lowest BCUT2D eigenvalue weighted by Crippen LogP contribution is -2.33. The topological polar surface area (TPSA) is 121 Å². The molecule has 1 aromatic carbocycles. The van der Waals surface area contributed by atoms with Crippen molar-refractivity contribution in [3.63, 3.8) is 0 Å². The van der Waals surface area contributed by atoms with Crippen LogP contribution in [-0.2, 0) is 14.5 Å². The fraction of sp³-hybridized carbons (Fsp3) is 0.300. The van der Waals surface area contributed by atoms with Crippen LogP contribution in [-0.4, -0.2) is 53.0 Å². The first-order chi connectivity index (χ1) is 15.8. The lowest BCUT2D eigenvalue weighted by Gasteiger charge is -2.16. The highest BCUT2D eigenvalue weighted by Gasteiger charge is 2.24. The summed E-state index contributed by atoms with van der Waals surface area (Å²) >= 11 is -0.629. The van der Waals surface area contributed by atoms with Crippen LogP contribution in [0, 0.1) is 11.6 Å². The summed E-state index contributed by atoms with van der Waals surface area (Å²) in [6.07, 6.45) is 1.16. The molecule has 2 amide bonds. The van der Waals surface area contributed by atoms with Crippen molar-refractivity contribution in [2.45, 2.75) is 20.0 Å². The highest BCUT2D eigenvalue weighted by atomic mass is 127. The molecule has 13 heteroatoms. The van der Waals surface area contributed by atoms with Gasteiger partial charge in [0.25, 0.3) is 11.8 Å². The molecule has 0 saturated heterocycles. The average molecular weight is 582 g/mol. The maximum Gasteiger partial charge on any atom is 0.277 e. The Balaban J connectivity index is 2.39. The second kappa shape index (κ2) is 13.1. The zero-order valence-corrected chi connectivity index (χ0v) is 19.8. The van der Waals surface area contributed by atoms with Gasteiger partial charge >= 0.3 is 0 Å². The van der Waals surface area contributed by atoms with Crippen molar-refractivity contribution in [2.24, 2.45) is 5.16 Å². The smallest absolute Gasteiger partial charge is 0.277 e. The van der Waals surface area contributed by atoms with Crippen molar-refractivity contribution >= 4 is 48.5 Å². The first-order valence-corrected chi connectivity index (χ1v) is 12.1. The van der Waals surface area contributed by atoms with E-state index in [0.29, 0.717) is 6.54 Å². The maximum absolute atomic E-state index is 14.9. The number of likely N-dealkylation sites (N-methyl/N-ethyl adjacent to an activating group) is 1. The van der Waals surface area contributed by atoms with Crippen molar-refractivity contribution < 1.29 is 37.5 Å². The first-order valence-electron chi connectivity index (χ1n) is 9.60. The zero-order chi connectivity index (χ0) is 24.4. The van der Waals surface area contributed by atoms with E-state index in [1.54, 1.807) is 11.0 Å². The molecule has 1 atom stereocenters. The minimum absolute atomic E-state index is 0.148. The van der Waals surface area contributed by atoms with Crippen LogP contribution in [0.25, 0.3) is 0 Å². The first kappa shape index (κ1) is 26.5. The van der Waals surface area contributed by atoms with Crippen molar-refractivity contribution in [3.05, 3.63) is 50.5 Å². The number of nitrogens with zero attached hydrogens (tertiary/aromatic N) is 1. The van der Waals surface area contributed by atoms with Crippen LogP contribution in [0.3, 0.4) is 0 Å². The fourth-order valence-electron chi connectivity index (χ4n) is 2.37. The average Bonchev–Trinajstić information content (AvgIpc) is 2.79. The van der Waals surface area contributed by atoms with Gasteiger partial charge in [0, 0.05) is 16.1 Å². The molecule has 4 N–H and O–H groups in total. The Hall–Kier alpha value is -2.78. The number of allylic oxidation sites excluding steroid dienone is 2. The molecule has 33 heavy (non-hydrogen) atoms. The van der Waals surface area contributed by atoms with Gasteiger partial charge in [-0.2, -0.15) is 0 Å². The molecule has 1 aliphatic heterocycles. The quantitative estimate of drug-likeness (QED) is 0.138. The molecule has 0 bridgehead atoms. The van der Waals surface area contributed by atoms with Gasteiger partial charge in [-0.25, -0.2) is 18.7 Å². The summed E-state index contributed by atoms with van der Waals surface area (Å²) in [5.74, 6) is -4.98. The minimum Gasteiger partial charge on any atom is -0.394 e. The Morgan fingerprint density at radius 3 is 2.73 bits per heavy atom. The van der Waals surface area contributed by atoms with E-state index in [-0.39, 0.29) is 12.3 Å². The molecular weight excluding hydrogens is 560 g/mol. The second-order valence-electron chi connectivity index (χ2n) is 6.31. The molecular formula is C20H22F3IN4O5. The second-order valence-corrected chi connectivity index (χ2v) is 8.37. The number of halogens is 4. The van der Waals surface area contributed by atoms with Gasteiger partial charge in [-0.1, -0.05) is 25.9 Å². The number of benzene rings is 1. The SMILES string of the molecule is CCNC(=O)C(C)O/N=C/c1cc(C(=O)NOCCO)c(NC2=C(F)C=IC=C2)c(F)c1F. The van der Waals surface area contributed by atoms with Crippen LogP contribution in [0.2, 0.25) is 0 Å². The molecule has 1 heterocycles. The normalized spacial score (nSPS) is 14.1. The molecule has 1 aromatic rings. The Morgan fingerprint density at radius 1 is 1.30 bits per heavy atom. The third kappa shape index (κ3) is 7.36. The molecule has 1 unspecified atom stereocenters. The van der Waals surface area contributed by atoms with Crippen LogP contribution >= 0.6 is 20.7 Å². The predicted octanol–water partition coefficient (Wildman–Crippen LogP) is 2.39. The van der Waals surface area contributed by atoms with Gasteiger partial charge in [-0.15, -0.1) is 0 Å². The van der Waals surface area contributed by atoms with Crippen LogP contribution in [0.15, 0.2) is 32.9 Å². The Kier molecular flexibility index (Phi) is 10.5. The fourth-order valence-corrected chi connectivity index (χ4v) is 3.79. The Morgan fingerprint density at radius 2 is 2.06 bits per heavy atom. The summed E-state index contributed by atoms with van der Waals surface area (Å²) in [4.78, 5) is 33.8. The summed E-state index contributed by atoms with van der Waals surface area (Å²) < 4.78 is 46.7. The van der Waals surface area contributed by atoms with Crippen LogP contribution in [0.5, 0.6) is 0 Å². The lowest BCUT2D eigenvalue weighted by atomic mass is 10.1. The van der Waals surface area contributed by atoms with Gasteiger partial charge < -0.3 is 20.6 Å². The van der Waals surface area contributed by atoms with E-state index < -0.39 is 79.5 Å². The van der Waals surface area contributed by atoms with E-state index >= 15 is 0 Å². The van der Waals surface area contributed by atoms with Gasteiger partial charge in [-0.05, 0) is 30.1 Å². The van der Waals surface area contributed by atoms with Gasteiger partial charge in [0.15, 0.2) is 17.5 Å². The molecule has 0 saturated carbocycles. The summed E-state index contributed by atoms with van der Waals surface area (Å²) in [5, 5.41) is 17.2. The number of nitrogens with one attached hydrogen (secondary N) is 3. The number of carbonyl (C=O) groups excluding carboxylic acids is 2. The number of oxime groups is 1. The monoisotopic (exact) mass is 582 g/mol. The number of aliphatic hydroxyl groups excluding tert-OH is 1. The summed E-state index contributed by atoms with van der Waals surface area (Å²) in [5.41, 5.74) is 0.297. The number of anilines is 1. The van der Waals surface area contributed by atoms with Crippen molar-refractivity contribution in [3.8, 4) is 0 Å². The van der Waals surface area contributed by atoms with Gasteiger partial charge in [-0.3, -0.25) is 14.4 Å². The third-order valence-corrected chi connectivity index (χ3v) is 5.63. The van der Waals surface area contributed by atoms with E-state index in [0.717, 1.165) is 12.3 Å². The number of rotatable bonds is 11. The summed E-state index contributed by atoms with van der Waals surface area (Å²) in [6.45, 7) is 2.84. The molecule has 2 rings (SSSR count). The largest absolute Gasteiger partial charge is 0.394 e. The number of aliphatic hydroxyl groups is 1. The van der Waals surface area contributed by atoms with Crippen molar-refractivity contribution in [2.75, 3.05) is 25.1 Å². The van der Waals surface area contributed by atoms with Crippen LogP contribution in [0.4, 0.5) is 18.9 Å². The predicted molar refractivity (Wildman–Crippen MR) is 125 cm³/mol. The Labute approximate surface area is 197 Å². The van der Waals surface area contributed by atoms with Crippen LogP contribution in [0.1, 0.15) is 29.8 Å². The minimum atomic E-state index is -1.47. The summed E-state index contributed by atoms with van der Waals surface area (Å²) in [6, 6.07) is 0.948. The highest BCUT2D eigenvalue weighted by molar-refractivity contribution is 14.2. The standard InChI is InChI=1S/C20H22F3IN4O5/c1-3-25-19(30)11(2)33-26-10-12-8-13(20(31)28-32-7-6-29)18(17(23)16(12)22)27-15-4-5-24-9-14(15)21/h4-5,8-11,27,29H,3,6-7H2,1-2H3,(H,25,30)(H,28,31)/b26-10+. The Bertz CT molecular complexity index is 1010. The molecule has 0 radical (unpaired) electrons. The number of hydroxylamine groups is 1. The number of hydrogen-bond donors (Lipinski definition) is 4. The van der Waals surface area contributed by atoms with Crippen LogP contribution < -0.4 is 16.1 Å². The number of amides is 2. The molecule has 0 aliphatic carbocycles. The lowest BCUT2D eigenvalue weighted by molar-refractivity contribution is -0.131. The molecule has 180 valence electrons. The molecule has 9 nitrogen and oxygen atoms in total. The molecule has 0 spiro atoms. The number of hydrogen-bond acceptors (Lipinski definition) is 7. The maximum atomic E-state index is 14.9. The number of carbonyl (C=O) groups is 2. The van der Waals surface area contributed by atoms with E-state index in [1.165, 1.54) is 17.0 Å². The van der Waals surface area contributed by atoms with Crippen molar-refractivity contribution in [1.82, 2.24) is 10.8 Å². The summed E-state index contributed by atoms with van der Waals surface area (Å²) in [7, 11) is 0. The van der Waals surface area contributed by atoms with Gasteiger partial charge in [0.1, 0.15) is 0 Å². The van der Waals surface area contributed by atoms with E-state index in [1.807, 2.05) is 5.48 Å². The molecule has 0 aromatic heterocycles. The van der Waals surface area contributed by atoms with E-state index in [4.69, 9.17) is 14.8 Å². The molecule has 1 aliphatic rings.